The van der Waals surface area contributed by atoms with Crippen LogP contribution in [0.3, 0.4) is 0 Å². The molecule has 1 fully saturated rings. The number of rotatable bonds is 2. The highest BCUT2D eigenvalue weighted by Crippen LogP contribution is 2.47. The van der Waals surface area contributed by atoms with Crippen molar-refractivity contribution in [1.82, 2.24) is 0 Å². The number of ether oxygens (including phenoxy) is 1. The Morgan fingerprint density at radius 1 is 1.18 bits per heavy atom. The fraction of sp³-hybridized carbons (Fsp3) is 0.600. The third kappa shape index (κ3) is 1.71. The van der Waals surface area contributed by atoms with Crippen molar-refractivity contribution in [3.8, 4) is 0 Å². The van der Waals surface area contributed by atoms with Crippen molar-refractivity contribution < 1.29 is 9.84 Å². The summed E-state index contributed by atoms with van der Waals surface area (Å²) < 4.78 is 5.27. The van der Waals surface area contributed by atoms with E-state index in [9.17, 15) is 5.11 Å². The minimum Gasteiger partial charge on any atom is -0.387 e. The molecule has 2 atom stereocenters. The summed E-state index contributed by atoms with van der Waals surface area (Å²) in [5.74, 6) is 0.743. The summed E-state index contributed by atoms with van der Waals surface area (Å²) in [7, 11) is 1.69. The zero-order valence-corrected chi connectivity index (χ0v) is 10.4. The molecular formula is C15H20O2. The first kappa shape index (κ1) is 11.2. The molecule has 1 aromatic carbocycles. The first-order valence-corrected chi connectivity index (χ1v) is 6.52. The summed E-state index contributed by atoms with van der Waals surface area (Å²) >= 11 is 0. The first-order chi connectivity index (χ1) is 8.24. The molecule has 2 unspecified atom stereocenters. The molecule has 1 N–H and O–H groups in total. The van der Waals surface area contributed by atoms with E-state index in [1.807, 2.05) is 0 Å². The molecule has 92 valence electrons. The van der Waals surface area contributed by atoms with Crippen molar-refractivity contribution in [2.45, 2.75) is 31.3 Å². The maximum Gasteiger partial charge on any atom is 0.0942 e. The van der Waals surface area contributed by atoms with Crippen LogP contribution in [0.25, 0.3) is 0 Å². The molecule has 0 saturated heterocycles. The monoisotopic (exact) mass is 232 g/mol. The number of hydrogen-bond acceptors (Lipinski definition) is 2. The van der Waals surface area contributed by atoms with Crippen molar-refractivity contribution in [3.05, 3.63) is 35.4 Å². The SMILES string of the molecule is COCC1(O)C2CCC1Cc1ccccc1C2. The van der Waals surface area contributed by atoms with Crippen LogP contribution in [0.15, 0.2) is 24.3 Å². The smallest absolute Gasteiger partial charge is 0.0942 e. The van der Waals surface area contributed by atoms with E-state index in [0.29, 0.717) is 18.4 Å². The van der Waals surface area contributed by atoms with Gasteiger partial charge in [0.1, 0.15) is 0 Å². The van der Waals surface area contributed by atoms with Gasteiger partial charge in [0, 0.05) is 7.11 Å². The lowest BCUT2D eigenvalue weighted by Gasteiger charge is -2.33. The van der Waals surface area contributed by atoms with E-state index in [4.69, 9.17) is 4.74 Å². The van der Waals surface area contributed by atoms with Crippen LogP contribution in [-0.2, 0) is 17.6 Å². The van der Waals surface area contributed by atoms with Crippen LogP contribution in [0, 0.1) is 11.8 Å². The molecule has 0 aromatic heterocycles. The minimum absolute atomic E-state index is 0.371. The Morgan fingerprint density at radius 3 is 2.18 bits per heavy atom. The third-order valence-corrected chi connectivity index (χ3v) is 4.70. The number of fused-ring (bicyclic) bond motifs is 3. The average Bonchev–Trinajstić information content (AvgIpc) is 2.52. The van der Waals surface area contributed by atoms with Gasteiger partial charge >= 0.3 is 0 Å². The van der Waals surface area contributed by atoms with E-state index in [-0.39, 0.29) is 0 Å². The molecule has 2 aliphatic rings. The second-order valence-electron chi connectivity index (χ2n) is 5.57. The van der Waals surface area contributed by atoms with Crippen LogP contribution in [0.1, 0.15) is 24.0 Å². The van der Waals surface area contributed by atoms with Gasteiger partial charge in [-0.1, -0.05) is 24.3 Å². The fourth-order valence-electron chi connectivity index (χ4n) is 3.75. The van der Waals surface area contributed by atoms with Crippen molar-refractivity contribution in [1.29, 1.82) is 0 Å². The largest absolute Gasteiger partial charge is 0.387 e. The van der Waals surface area contributed by atoms with E-state index < -0.39 is 5.60 Å². The zero-order valence-electron chi connectivity index (χ0n) is 10.4. The van der Waals surface area contributed by atoms with Gasteiger partial charge in [-0.25, -0.2) is 0 Å². The maximum atomic E-state index is 10.9. The molecule has 2 aliphatic carbocycles. The molecule has 0 radical (unpaired) electrons. The van der Waals surface area contributed by atoms with Gasteiger partial charge in [-0.3, -0.25) is 0 Å². The Labute approximate surface area is 103 Å². The van der Waals surface area contributed by atoms with Crippen LogP contribution in [-0.4, -0.2) is 24.4 Å². The second-order valence-corrected chi connectivity index (χ2v) is 5.57. The van der Waals surface area contributed by atoms with Gasteiger partial charge in [-0.2, -0.15) is 0 Å². The quantitative estimate of drug-likeness (QED) is 0.847. The van der Waals surface area contributed by atoms with Gasteiger partial charge in [0.15, 0.2) is 0 Å². The van der Waals surface area contributed by atoms with Crippen LogP contribution in [0.4, 0.5) is 0 Å². The molecular weight excluding hydrogens is 212 g/mol. The molecule has 0 aliphatic heterocycles. The van der Waals surface area contributed by atoms with Gasteiger partial charge in [0.05, 0.1) is 12.2 Å². The van der Waals surface area contributed by atoms with Crippen LogP contribution < -0.4 is 0 Å². The molecule has 1 aromatic rings. The van der Waals surface area contributed by atoms with Gasteiger partial charge in [-0.05, 0) is 48.6 Å². The molecule has 17 heavy (non-hydrogen) atoms. The minimum atomic E-state index is -0.603. The number of benzene rings is 1. The highest BCUT2D eigenvalue weighted by atomic mass is 16.5. The zero-order chi connectivity index (χ0) is 11.9. The normalized spacial score (nSPS) is 35.4. The topological polar surface area (TPSA) is 29.5 Å². The first-order valence-electron chi connectivity index (χ1n) is 6.52. The predicted octanol–water partition coefficient (Wildman–Crippen LogP) is 2.19. The summed E-state index contributed by atoms with van der Waals surface area (Å²) in [5.41, 5.74) is 2.25. The molecule has 2 bridgehead atoms. The van der Waals surface area contributed by atoms with E-state index in [1.165, 1.54) is 11.1 Å². The standard InChI is InChI=1S/C15H20O2/c1-17-10-15(16)13-6-7-14(15)9-12-5-3-2-4-11(12)8-13/h2-5,13-14,16H,6-10H2,1H3. The Morgan fingerprint density at radius 2 is 1.71 bits per heavy atom. The number of aliphatic hydroxyl groups is 1. The summed E-state index contributed by atoms with van der Waals surface area (Å²) in [5, 5.41) is 10.9. The Bertz CT molecular complexity index is 380. The van der Waals surface area contributed by atoms with E-state index >= 15 is 0 Å². The van der Waals surface area contributed by atoms with Gasteiger partial charge < -0.3 is 9.84 Å². The van der Waals surface area contributed by atoms with Crippen molar-refractivity contribution in [3.63, 3.8) is 0 Å². The van der Waals surface area contributed by atoms with Crippen molar-refractivity contribution in [2.24, 2.45) is 11.8 Å². The lowest BCUT2D eigenvalue weighted by Crippen LogP contribution is -2.44. The molecule has 2 nitrogen and oxygen atoms in total. The van der Waals surface area contributed by atoms with E-state index in [1.54, 1.807) is 7.11 Å². The lowest BCUT2D eigenvalue weighted by atomic mass is 9.83. The Hall–Kier alpha value is -0.860. The Balaban J connectivity index is 1.97. The van der Waals surface area contributed by atoms with Crippen LogP contribution in [0.2, 0.25) is 0 Å². The van der Waals surface area contributed by atoms with Gasteiger partial charge in [-0.15, -0.1) is 0 Å². The molecule has 3 rings (SSSR count). The highest BCUT2D eigenvalue weighted by Gasteiger charge is 2.50. The highest BCUT2D eigenvalue weighted by molar-refractivity contribution is 5.31. The van der Waals surface area contributed by atoms with Crippen molar-refractivity contribution in [2.75, 3.05) is 13.7 Å². The number of hydrogen-bond donors (Lipinski definition) is 1. The van der Waals surface area contributed by atoms with Crippen LogP contribution in [0.5, 0.6) is 0 Å². The van der Waals surface area contributed by atoms with E-state index in [0.717, 1.165) is 25.7 Å². The molecule has 1 saturated carbocycles. The summed E-state index contributed by atoms with van der Waals surface area (Å²) in [4.78, 5) is 0. The van der Waals surface area contributed by atoms with Crippen molar-refractivity contribution >= 4 is 0 Å². The number of methoxy groups -OCH3 is 1. The summed E-state index contributed by atoms with van der Waals surface area (Å²) in [6, 6.07) is 8.63. The summed E-state index contributed by atoms with van der Waals surface area (Å²) in [6.45, 7) is 0.482. The second kappa shape index (κ2) is 4.11. The van der Waals surface area contributed by atoms with Gasteiger partial charge in [0.25, 0.3) is 0 Å². The average molecular weight is 232 g/mol. The summed E-state index contributed by atoms with van der Waals surface area (Å²) in [6.07, 6.45) is 4.29. The fourth-order valence-corrected chi connectivity index (χ4v) is 3.75. The Kier molecular flexibility index (Phi) is 2.72. The van der Waals surface area contributed by atoms with E-state index in [2.05, 4.69) is 24.3 Å². The molecule has 0 spiro atoms. The molecule has 2 heteroatoms. The molecule has 0 amide bonds. The lowest BCUT2D eigenvalue weighted by molar-refractivity contribution is -0.0859. The third-order valence-electron chi connectivity index (χ3n) is 4.70. The predicted molar refractivity (Wildman–Crippen MR) is 66.9 cm³/mol. The molecule has 0 heterocycles. The van der Waals surface area contributed by atoms with Crippen LogP contribution >= 0.6 is 0 Å². The van der Waals surface area contributed by atoms with Gasteiger partial charge in [0.2, 0.25) is 0 Å². The maximum absolute atomic E-state index is 10.9.